The molecule has 0 spiro atoms. The van der Waals surface area contributed by atoms with E-state index in [1.165, 1.54) is 46.2 Å². The Bertz CT molecular complexity index is 919. The highest BCUT2D eigenvalue weighted by molar-refractivity contribution is 5.93. The van der Waals surface area contributed by atoms with Gasteiger partial charge >= 0.3 is 0 Å². The van der Waals surface area contributed by atoms with Crippen LogP contribution in [0.1, 0.15) is 54.5 Å². The van der Waals surface area contributed by atoms with Crippen molar-refractivity contribution in [1.29, 1.82) is 0 Å². The van der Waals surface area contributed by atoms with Gasteiger partial charge in [0.05, 0.1) is 0 Å². The van der Waals surface area contributed by atoms with Crippen molar-refractivity contribution in [2.24, 2.45) is 0 Å². The number of hydrogen-bond acceptors (Lipinski definition) is 0. The molecule has 5 rings (SSSR count). The highest BCUT2D eigenvalue weighted by Gasteiger charge is 2.40. The standard InChI is InChI=1S/C23H22/c1-14-8-10-18-19-11-9-16-13-15-6-4-5-7-17(15)21(16)22(19)23(2,3)20(18)12-14/h5,7-12H,4,6,13H2,1-3H3. The molecule has 0 heteroatoms. The highest BCUT2D eigenvalue weighted by Crippen LogP contribution is 2.54. The number of allylic oxidation sites excluding steroid dienone is 4. The third kappa shape index (κ3) is 1.62. The molecule has 3 aliphatic rings. The van der Waals surface area contributed by atoms with Crippen LogP contribution in [0.2, 0.25) is 0 Å². The van der Waals surface area contributed by atoms with Gasteiger partial charge in [0.1, 0.15) is 0 Å². The normalized spacial score (nSPS) is 19.4. The van der Waals surface area contributed by atoms with Crippen LogP contribution in [0.25, 0.3) is 16.7 Å². The summed E-state index contributed by atoms with van der Waals surface area (Å²) in [6, 6.07) is 11.7. The number of rotatable bonds is 0. The summed E-state index contributed by atoms with van der Waals surface area (Å²) < 4.78 is 0. The molecule has 114 valence electrons. The van der Waals surface area contributed by atoms with Gasteiger partial charge in [-0.3, -0.25) is 0 Å². The fourth-order valence-electron chi connectivity index (χ4n) is 4.90. The molecule has 0 bridgehead atoms. The Morgan fingerprint density at radius 3 is 2.70 bits per heavy atom. The van der Waals surface area contributed by atoms with Crippen molar-refractivity contribution in [3.05, 3.63) is 75.9 Å². The van der Waals surface area contributed by atoms with Gasteiger partial charge in [0.25, 0.3) is 0 Å². The zero-order valence-corrected chi connectivity index (χ0v) is 14.2. The van der Waals surface area contributed by atoms with Gasteiger partial charge in [-0.2, -0.15) is 0 Å². The average molecular weight is 298 g/mol. The summed E-state index contributed by atoms with van der Waals surface area (Å²) in [7, 11) is 0. The predicted octanol–water partition coefficient (Wildman–Crippen LogP) is 5.96. The monoisotopic (exact) mass is 298 g/mol. The van der Waals surface area contributed by atoms with Crippen molar-refractivity contribution in [1.82, 2.24) is 0 Å². The molecule has 0 atom stereocenters. The largest absolute Gasteiger partial charge is 0.0836 e. The third-order valence-corrected chi connectivity index (χ3v) is 6.01. The van der Waals surface area contributed by atoms with Crippen molar-refractivity contribution in [3.63, 3.8) is 0 Å². The number of benzene rings is 2. The molecule has 2 aromatic rings. The first-order valence-electron chi connectivity index (χ1n) is 8.74. The second-order valence-electron chi connectivity index (χ2n) is 7.83. The molecule has 0 saturated carbocycles. The van der Waals surface area contributed by atoms with Gasteiger partial charge in [-0.05, 0) is 65.1 Å². The smallest absolute Gasteiger partial charge is 0.0165 e. The summed E-state index contributed by atoms with van der Waals surface area (Å²) in [4.78, 5) is 0. The number of aryl methyl sites for hydroxylation is 1. The van der Waals surface area contributed by atoms with Crippen LogP contribution in [0, 0.1) is 6.92 Å². The Morgan fingerprint density at radius 2 is 1.83 bits per heavy atom. The molecular weight excluding hydrogens is 276 g/mol. The van der Waals surface area contributed by atoms with Crippen LogP contribution >= 0.6 is 0 Å². The lowest BCUT2D eigenvalue weighted by Gasteiger charge is -2.25. The van der Waals surface area contributed by atoms with Gasteiger partial charge in [-0.25, -0.2) is 0 Å². The molecule has 0 fully saturated rings. The fraction of sp³-hybridized carbons (Fsp3) is 0.304. The van der Waals surface area contributed by atoms with E-state index in [-0.39, 0.29) is 5.41 Å². The topological polar surface area (TPSA) is 0 Å². The summed E-state index contributed by atoms with van der Waals surface area (Å²) in [5.74, 6) is 0. The van der Waals surface area contributed by atoms with Crippen molar-refractivity contribution in [2.75, 3.05) is 0 Å². The van der Waals surface area contributed by atoms with E-state index >= 15 is 0 Å². The SMILES string of the molecule is Cc1ccc2c(c1)C(C)(C)c1c-2ccc2c1C1=C(CCC=C1)C2. The van der Waals surface area contributed by atoms with Crippen LogP contribution in [0.4, 0.5) is 0 Å². The van der Waals surface area contributed by atoms with Gasteiger partial charge in [0.2, 0.25) is 0 Å². The maximum absolute atomic E-state index is 2.41. The maximum Gasteiger partial charge on any atom is 0.0165 e. The van der Waals surface area contributed by atoms with E-state index in [0.29, 0.717) is 0 Å². The molecule has 0 aromatic heterocycles. The zero-order valence-electron chi connectivity index (χ0n) is 14.2. The van der Waals surface area contributed by atoms with Crippen LogP contribution in [-0.2, 0) is 11.8 Å². The molecule has 0 heterocycles. The van der Waals surface area contributed by atoms with Gasteiger partial charge in [-0.1, -0.05) is 67.5 Å². The van der Waals surface area contributed by atoms with Crippen molar-refractivity contribution < 1.29 is 0 Å². The highest BCUT2D eigenvalue weighted by atomic mass is 14.4. The second-order valence-corrected chi connectivity index (χ2v) is 7.83. The van der Waals surface area contributed by atoms with Crippen LogP contribution in [0.3, 0.4) is 0 Å². The van der Waals surface area contributed by atoms with Gasteiger partial charge in [0, 0.05) is 5.41 Å². The first-order valence-corrected chi connectivity index (χ1v) is 8.74. The third-order valence-electron chi connectivity index (χ3n) is 6.01. The summed E-state index contributed by atoms with van der Waals surface area (Å²) in [6.07, 6.45) is 8.34. The van der Waals surface area contributed by atoms with E-state index < -0.39 is 0 Å². The minimum absolute atomic E-state index is 0.0930. The van der Waals surface area contributed by atoms with E-state index in [0.717, 1.165) is 6.42 Å². The van der Waals surface area contributed by atoms with Crippen LogP contribution in [-0.4, -0.2) is 0 Å². The molecule has 23 heavy (non-hydrogen) atoms. The van der Waals surface area contributed by atoms with Crippen LogP contribution in [0.15, 0.2) is 48.1 Å². The number of fused-ring (bicyclic) bond motifs is 6. The first-order chi connectivity index (χ1) is 11.1. The zero-order chi connectivity index (χ0) is 15.8. The summed E-state index contributed by atoms with van der Waals surface area (Å²) in [5, 5.41) is 0. The van der Waals surface area contributed by atoms with E-state index in [9.17, 15) is 0 Å². The molecule has 0 saturated heterocycles. The molecule has 3 aliphatic carbocycles. The summed E-state index contributed by atoms with van der Waals surface area (Å²) in [6.45, 7) is 7.01. The van der Waals surface area contributed by atoms with Gasteiger partial charge in [0.15, 0.2) is 0 Å². The minimum atomic E-state index is 0.0930. The molecule has 0 nitrogen and oxygen atoms in total. The minimum Gasteiger partial charge on any atom is -0.0836 e. The molecule has 2 aromatic carbocycles. The lowest BCUT2D eigenvalue weighted by atomic mass is 9.78. The maximum atomic E-state index is 2.41. The van der Waals surface area contributed by atoms with E-state index in [1.54, 1.807) is 16.7 Å². The lowest BCUT2D eigenvalue weighted by Crippen LogP contribution is -2.17. The van der Waals surface area contributed by atoms with Gasteiger partial charge in [-0.15, -0.1) is 0 Å². The molecule has 0 aliphatic heterocycles. The second kappa shape index (κ2) is 4.26. The molecule has 0 amide bonds. The van der Waals surface area contributed by atoms with Crippen LogP contribution < -0.4 is 0 Å². The fourth-order valence-corrected chi connectivity index (χ4v) is 4.90. The Labute approximate surface area is 138 Å². The molecule has 0 N–H and O–H groups in total. The number of hydrogen-bond donors (Lipinski definition) is 0. The lowest BCUT2D eigenvalue weighted by molar-refractivity contribution is 0.657. The van der Waals surface area contributed by atoms with E-state index in [1.807, 2.05) is 0 Å². The predicted molar refractivity (Wildman–Crippen MR) is 97.7 cm³/mol. The summed E-state index contributed by atoms with van der Waals surface area (Å²) >= 11 is 0. The quantitative estimate of drug-likeness (QED) is 0.563. The van der Waals surface area contributed by atoms with Crippen molar-refractivity contribution in [3.8, 4) is 11.1 Å². The van der Waals surface area contributed by atoms with E-state index in [4.69, 9.17) is 0 Å². The van der Waals surface area contributed by atoms with Crippen molar-refractivity contribution in [2.45, 2.75) is 45.4 Å². The summed E-state index contributed by atoms with van der Waals surface area (Å²) in [5.41, 5.74) is 13.7. The van der Waals surface area contributed by atoms with E-state index in [2.05, 4.69) is 63.3 Å². The van der Waals surface area contributed by atoms with Gasteiger partial charge < -0.3 is 0 Å². The Morgan fingerprint density at radius 1 is 1.00 bits per heavy atom. The Balaban J connectivity index is 1.85. The first kappa shape index (κ1) is 13.4. The average Bonchev–Trinajstić information content (AvgIpc) is 3.01. The Kier molecular flexibility index (Phi) is 2.48. The molecule has 0 unspecified atom stereocenters. The van der Waals surface area contributed by atoms with Crippen molar-refractivity contribution >= 4 is 5.57 Å². The van der Waals surface area contributed by atoms with Crippen LogP contribution in [0.5, 0.6) is 0 Å². The molecule has 0 radical (unpaired) electrons. The Hall–Kier alpha value is -2.08. The molecular formula is C23H22.